The molecule has 2 heterocycles. The van der Waals surface area contributed by atoms with E-state index >= 15 is 0 Å². The van der Waals surface area contributed by atoms with Gasteiger partial charge in [0.05, 0.1) is 5.56 Å². The van der Waals surface area contributed by atoms with Crippen LogP contribution in [0.5, 0.6) is 0 Å². The number of carbonyl (C=O) groups is 2. The Morgan fingerprint density at radius 1 is 1.33 bits per heavy atom. The number of anilines is 1. The molecule has 6 heteroatoms. The van der Waals surface area contributed by atoms with Crippen LogP contribution in [0.1, 0.15) is 37.5 Å². The molecule has 2 rings (SSSR count). The fourth-order valence-corrected chi connectivity index (χ4v) is 3.18. The maximum atomic E-state index is 12.0. The van der Waals surface area contributed by atoms with Gasteiger partial charge in [-0.2, -0.15) is 0 Å². The van der Waals surface area contributed by atoms with E-state index in [-0.39, 0.29) is 11.7 Å². The number of thiazole rings is 1. The molecule has 0 bridgehead atoms. The summed E-state index contributed by atoms with van der Waals surface area (Å²) in [5.41, 5.74) is 1.05. The Hall–Kier alpha value is -1.53. The average molecular weight is 280 g/mol. The van der Waals surface area contributed by atoms with Crippen LogP contribution in [-0.2, 0) is 0 Å². The van der Waals surface area contributed by atoms with Gasteiger partial charge in [0, 0.05) is 22.1 Å². The fraction of sp³-hybridized carbons (Fsp3) is 0.250. The molecule has 0 saturated carbocycles. The lowest BCUT2D eigenvalue weighted by Crippen LogP contribution is -2.12. The third-order valence-corrected chi connectivity index (χ3v) is 4.09. The molecule has 0 aliphatic rings. The highest BCUT2D eigenvalue weighted by molar-refractivity contribution is 7.14. The molecule has 0 fully saturated rings. The molecule has 0 spiro atoms. The molecule has 0 radical (unpaired) electrons. The quantitative estimate of drug-likeness (QED) is 0.878. The Balaban J connectivity index is 2.16. The molecule has 2 aromatic heterocycles. The first-order valence-corrected chi connectivity index (χ1v) is 7.02. The van der Waals surface area contributed by atoms with Crippen LogP contribution >= 0.6 is 22.7 Å². The summed E-state index contributed by atoms with van der Waals surface area (Å²) in [5.74, 6) is -0.282. The van der Waals surface area contributed by atoms with Crippen molar-refractivity contribution >= 4 is 39.5 Å². The smallest absolute Gasteiger partial charge is 0.258 e. The van der Waals surface area contributed by atoms with Crippen molar-refractivity contribution in [1.29, 1.82) is 0 Å². The number of ketones is 1. The average Bonchev–Trinajstić information content (AvgIpc) is 2.85. The summed E-state index contributed by atoms with van der Waals surface area (Å²) in [6.07, 6.45) is 0. The van der Waals surface area contributed by atoms with Crippen LogP contribution < -0.4 is 5.32 Å². The Morgan fingerprint density at radius 2 is 2.06 bits per heavy atom. The first-order valence-electron chi connectivity index (χ1n) is 5.32. The number of thiophene rings is 1. The molecule has 0 aliphatic heterocycles. The summed E-state index contributed by atoms with van der Waals surface area (Å²) < 4.78 is 0. The number of carbonyl (C=O) groups excluding carboxylic acids is 2. The van der Waals surface area contributed by atoms with Crippen molar-refractivity contribution in [3.8, 4) is 0 Å². The summed E-state index contributed by atoms with van der Waals surface area (Å²) in [5, 5.41) is 4.81. The zero-order valence-electron chi connectivity index (χ0n) is 10.2. The molecule has 0 unspecified atom stereocenters. The van der Waals surface area contributed by atoms with Crippen molar-refractivity contribution in [1.82, 2.24) is 4.98 Å². The number of Topliss-reactive ketones (excluding diaryl/α,β-unsaturated/α-hetero) is 1. The van der Waals surface area contributed by atoms with Crippen LogP contribution in [0.15, 0.2) is 11.4 Å². The molecule has 1 N–H and O–H groups in total. The summed E-state index contributed by atoms with van der Waals surface area (Å²) >= 11 is 2.84. The number of hydrogen-bond donors (Lipinski definition) is 1. The Bertz CT molecular complexity index is 613. The third kappa shape index (κ3) is 2.65. The van der Waals surface area contributed by atoms with Crippen LogP contribution in [-0.4, -0.2) is 16.7 Å². The second-order valence-corrected chi connectivity index (χ2v) is 6.19. The van der Waals surface area contributed by atoms with Gasteiger partial charge in [-0.1, -0.05) is 0 Å². The van der Waals surface area contributed by atoms with Gasteiger partial charge in [0.2, 0.25) is 0 Å². The van der Waals surface area contributed by atoms with Crippen LogP contribution in [0.25, 0.3) is 0 Å². The molecular weight excluding hydrogens is 268 g/mol. The van der Waals surface area contributed by atoms with Gasteiger partial charge in [-0.3, -0.25) is 14.9 Å². The minimum absolute atomic E-state index is 0.102. The number of hydrogen-bond acceptors (Lipinski definition) is 5. The molecule has 0 aliphatic carbocycles. The number of rotatable bonds is 3. The van der Waals surface area contributed by atoms with E-state index in [1.807, 2.05) is 19.9 Å². The van der Waals surface area contributed by atoms with E-state index in [0.717, 1.165) is 9.75 Å². The largest absolute Gasteiger partial charge is 0.298 e. The van der Waals surface area contributed by atoms with Crippen molar-refractivity contribution in [3.63, 3.8) is 0 Å². The predicted molar refractivity (Wildman–Crippen MR) is 73.9 cm³/mol. The van der Waals surface area contributed by atoms with Gasteiger partial charge in [0.15, 0.2) is 10.9 Å². The summed E-state index contributed by atoms with van der Waals surface area (Å²) in [7, 11) is 0. The molecule has 0 aromatic carbocycles. The van der Waals surface area contributed by atoms with Gasteiger partial charge in [0.25, 0.3) is 5.91 Å². The van der Waals surface area contributed by atoms with Gasteiger partial charge in [-0.15, -0.1) is 22.7 Å². The minimum Gasteiger partial charge on any atom is -0.298 e. The van der Waals surface area contributed by atoms with Gasteiger partial charge in [0.1, 0.15) is 5.69 Å². The molecule has 18 heavy (non-hydrogen) atoms. The van der Waals surface area contributed by atoms with Gasteiger partial charge in [-0.05, 0) is 19.9 Å². The van der Waals surface area contributed by atoms with Gasteiger partial charge < -0.3 is 0 Å². The maximum absolute atomic E-state index is 12.0. The highest BCUT2D eigenvalue weighted by Gasteiger charge is 2.14. The lowest BCUT2D eigenvalue weighted by Gasteiger charge is -1.99. The number of amides is 1. The second kappa shape index (κ2) is 4.99. The van der Waals surface area contributed by atoms with E-state index < -0.39 is 0 Å². The first-order chi connectivity index (χ1) is 8.47. The molecule has 0 saturated heterocycles. The number of aryl methyl sites for hydroxylation is 2. The first kappa shape index (κ1) is 12.9. The highest BCUT2D eigenvalue weighted by Crippen LogP contribution is 2.23. The number of aromatic nitrogens is 1. The standard InChI is InChI=1S/C12H12N2O2S2/c1-6-4-9(8(3)18-6)11(16)14-12-13-10(5-17-12)7(2)15/h4-5H,1-3H3,(H,13,14,16). The zero-order chi connectivity index (χ0) is 13.3. The van der Waals surface area contributed by atoms with Crippen molar-refractivity contribution < 1.29 is 9.59 Å². The molecule has 94 valence electrons. The van der Waals surface area contributed by atoms with Crippen LogP contribution in [0.2, 0.25) is 0 Å². The van der Waals surface area contributed by atoms with Crippen LogP contribution in [0.4, 0.5) is 5.13 Å². The normalized spacial score (nSPS) is 10.4. The molecule has 0 atom stereocenters. The summed E-state index contributed by atoms with van der Waals surface area (Å²) in [6.45, 7) is 5.33. The topological polar surface area (TPSA) is 59.1 Å². The maximum Gasteiger partial charge on any atom is 0.258 e. The van der Waals surface area contributed by atoms with Crippen LogP contribution in [0.3, 0.4) is 0 Å². The third-order valence-electron chi connectivity index (χ3n) is 2.37. The van der Waals surface area contributed by atoms with E-state index in [1.54, 1.807) is 16.7 Å². The van der Waals surface area contributed by atoms with Gasteiger partial charge in [-0.25, -0.2) is 4.98 Å². The monoisotopic (exact) mass is 280 g/mol. The van der Waals surface area contributed by atoms with Crippen molar-refractivity contribution in [2.45, 2.75) is 20.8 Å². The zero-order valence-corrected chi connectivity index (χ0v) is 11.9. The van der Waals surface area contributed by atoms with Crippen LogP contribution in [0, 0.1) is 13.8 Å². The lowest BCUT2D eigenvalue weighted by atomic mass is 10.2. The fourth-order valence-electron chi connectivity index (χ4n) is 1.51. The van der Waals surface area contributed by atoms with E-state index in [4.69, 9.17) is 0 Å². The molecule has 1 amide bonds. The molecule has 4 nitrogen and oxygen atoms in total. The lowest BCUT2D eigenvalue weighted by molar-refractivity contribution is 0.100. The second-order valence-electron chi connectivity index (χ2n) is 3.88. The van der Waals surface area contributed by atoms with Gasteiger partial charge >= 0.3 is 0 Å². The van der Waals surface area contributed by atoms with Crippen molar-refractivity contribution in [3.05, 3.63) is 32.5 Å². The Labute approximate surface area is 113 Å². The van der Waals surface area contributed by atoms with Crippen molar-refractivity contribution in [2.24, 2.45) is 0 Å². The minimum atomic E-state index is -0.179. The molecule has 2 aromatic rings. The number of nitrogens with one attached hydrogen (secondary N) is 1. The SMILES string of the molecule is CC(=O)c1csc(NC(=O)c2cc(C)sc2C)n1. The van der Waals surface area contributed by atoms with E-state index in [1.165, 1.54) is 18.3 Å². The van der Waals surface area contributed by atoms with E-state index in [0.29, 0.717) is 16.4 Å². The van der Waals surface area contributed by atoms with E-state index in [2.05, 4.69) is 10.3 Å². The summed E-state index contributed by atoms with van der Waals surface area (Å²) in [6, 6.07) is 1.86. The van der Waals surface area contributed by atoms with E-state index in [9.17, 15) is 9.59 Å². The Morgan fingerprint density at radius 3 is 2.56 bits per heavy atom. The summed E-state index contributed by atoms with van der Waals surface area (Å²) in [4.78, 5) is 29.2. The van der Waals surface area contributed by atoms with Crippen molar-refractivity contribution in [2.75, 3.05) is 5.32 Å². The molecular formula is C12H12N2O2S2. The number of nitrogens with zero attached hydrogens (tertiary/aromatic N) is 1. The predicted octanol–water partition coefficient (Wildman–Crippen LogP) is 3.28. The Kier molecular flexibility index (Phi) is 3.58. The highest BCUT2D eigenvalue weighted by atomic mass is 32.1.